The molecule has 2 aromatic carbocycles. The van der Waals surface area contributed by atoms with Gasteiger partial charge in [0.1, 0.15) is 11.4 Å². The number of para-hydroxylation sites is 1. The topological polar surface area (TPSA) is 96.4 Å². The Morgan fingerprint density at radius 2 is 1.64 bits per heavy atom. The van der Waals surface area contributed by atoms with E-state index in [9.17, 15) is 18.0 Å². The van der Waals surface area contributed by atoms with Gasteiger partial charge in [0, 0.05) is 12.2 Å². The van der Waals surface area contributed by atoms with E-state index in [1.807, 2.05) is 18.2 Å². The number of carbonyl (C=O) groups is 2. The van der Waals surface area contributed by atoms with Crippen LogP contribution in [0, 0.1) is 0 Å². The summed E-state index contributed by atoms with van der Waals surface area (Å²) in [7, 11) is -3.80. The Bertz CT molecular complexity index is 1230. The molecule has 33 heavy (non-hydrogen) atoms. The first kappa shape index (κ1) is 22.7. The molecule has 2 heterocycles. The van der Waals surface area contributed by atoms with Crippen molar-refractivity contribution in [1.29, 1.82) is 0 Å². The molecule has 4 rings (SSSR count). The minimum Gasteiger partial charge on any atom is -0.351 e. The SMILES string of the molecule is O=C(NCCCCc1ccccc1)c1cccc(C2N(c3ccccc3)C(=O)CS2(=O)=O)n1. The van der Waals surface area contributed by atoms with Crippen molar-refractivity contribution in [3.8, 4) is 0 Å². The lowest BCUT2D eigenvalue weighted by Crippen LogP contribution is -2.31. The highest BCUT2D eigenvalue weighted by molar-refractivity contribution is 7.93. The van der Waals surface area contributed by atoms with E-state index in [1.165, 1.54) is 16.5 Å². The maximum atomic E-state index is 12.8. The summed E-state index contributed by atoms with van der Waals surface area (Å²) in [6, 6.07) is 23.4. The van der Waals surface area contributed by atoms with E-state index < -0.39 is 26.9 Å². The number of rotatable bonds is 8. The molecule has 8 heteroatoms. The fourth-order valence-electron chi connectivity index (χ4n) is 3.90. The number of amides is 2. The first-order chi connectivity index (χ1) is 16.0. The number of anilines is 1. The summed E-state index contributed by atoms with van der Waals surface area (Å²) in [4.78, 5) is 30.7. The number of pyridine rings is 1. The second kappa shape index (κ2) is 9.95. The van der Waals surface area contributed by atoms with Crippen LogP contribution in [0.25, 0.3) is 0 Å². The number of nitrogens with one attached hydrogen (secondary N) is 1. The Kier molecular flexibility index (Phi) is 6.84. The van der Waals surface area contributed by atoms with Crippen LogP contribution in [0.2, 0.25) is 0 Å². The highest BCUT2D eigenvalue weighted by Crippen LogP contribution is 2.36. The maximum Gasteiger partial charge on any atom is 0.269 e. The summed E-state index contributed by atoms with van der Waals surface area (Å²) >= 11 is 0. The summed E-state index contributed by atoms with van der Waals surface area (Å²) in [6.45, 7) is 0.494. The molecule has 170 valence electrons. The van der Waals surface area contributed by atoms with Gasteiger partial charge in [0.15, 0.2) is 15.2 Å². The number of hydrogen-bond donors (Lipinski definition) is 1. The summed E-state index contributed by atoms with van der Waals surface area (Å²) < 4.78 is 25.6. The van der Waals surface area contributed by atoms with Crippen LogP contribution < -0.4 is 10.2 Å². The second-order valence-electron chi connectivity index (χ2n) is 7.91. The summed E-state index contributed by atoms with van der Waals surface area (Å²) in [5.74, 6) is -1.47. The maximum absolute atomic E-state index is 12.8. The average molecular weight is 464 g/mol. The number of unbranched alkanes of at least 4 members (excludes halogenated alkanes) is 1. The fourth-order valence-corrected chi connectivity index (χ4v) is 5.60. The molecule has 7 nitrogen and oxygen atoms in total. The van der Waals surface area contributed by atoms with Gasteiger partial charge in [-0.15, -0.1) is 0 Å². The van der Waals surface area contributed by atoms with Crippen molar-refractivity contribution in [2.24, 2.45) is 0 Å². The number of benzene rings is 2. The number of nitrogens with zero attached hydrogens (tertiary/aromatic N) is 2. The molecule has 0 saturated carbocycles. The molecule has 1 aromatic heterocycles. The zero-order valence-corrected chi connectivity index (χ0v) is 18.9. The Morgan fingerprint density at radius 1 is 0.939 bits per heavy atom. The van der Waals surface area contributed by atoms with E-state index in [0.29, 0.717) is 12.2 Å². The second-order valence-corrected chi connectivity index (χ2v) is 9.97. The Balaban J connectivity index is 1.44. The molecule has 1 aliphatic heterocycles. The van der Waals surface area contributed by atoms with Gasteiger partial charge in [-0.1, -0.05) is 54.6 Å². The van der Waals surface area contributed by atoms with E-state index in [-0.39, 0.29) is 17.3 Å². The van der Waals surface area contributed by atoms with E-state index in [2.05, 4.69) is 22.4 Å². The van der Waals surface area contributed by atoms with E-state index in [1.54, 1.807) is 42.5 Å². The van der Waals surface area contributed by atoms with Gasteiger partial charge in [-0.3, -0.25) is 14.5 Å². The third-order valence-corrected chi connectivity index (χ3v) is 7.26. The molecule has 1 atom stereocenters. The van der Waals surface area contributed by atoms with Gasteiger partial charge in [0.25, 0.3) is 5.91 Å². The highest BCUT2D eigenvalue weighted by Gasteiger charge is 2.46. The van der Waals surface area contributed by atoms with Crippen LogP contribution in [0.3, 0.4) is 0 Å². The monoisotopic (exact) mass is 463 g/mol. The van der Waals surface area contributed by atoms with Crippen molar-refractivity contribution >= 4 is 27.3 Å². The van der Waals surface area contributed by atoms with Gasteiger partial charge >= 0.3 is 0 Å². The van der Waals surface area contributed by atoms with Crippen molar-refractivity contribution in [3.63, 3.8) is 0 Å². The lowest BCUT2D eigenvalue weighted by molar-refractivity contribution is -0.115. The molecule has 2 amide bonds. The number of sulfone groups is 1. The van der Waals surface area contributed by atoms with E-state index in [0.717, 1.165) is 19.3 Å². The van der Waals surface area contributed by atoms with Crippen molar-refractivity contribution in [2.45, 2.75) is 24.6 Å². The van der Waals surface area contributed by atoms with Crippen LogP contribution >= 0.6 is 0 Å². The summed E-state index contributed by atoms with van der Waals surface area (Å²) in [5.41, 5.74) is 2.01. The molecule has 0 radical (unpaired) electrons. The van der Waals surface area contributed by atoms with Gasteiger partial charge < -0.3 is 5.32 Å². The van der Waals surface area contributed by atoms with Crippen molar-refractivity contribution < 1.29 is 18.0 Å². The van der Waals surface area contributed by atoms with Crippen LogP contribution in [-0.2, 0) is 21.1 Å². The third kappa shape index (κ3) is 5.28. The summed E-state index contributed by atoms with van der Waals surface area (Å²) in [6.07, 6.45) is 2.69. The third-order valence-electron chi connectivity index (χ3n) is 5.48. The van der Waals surface area contributed by atoms with E-state index in [4.69, 9.17) is 0 Å². The van der Waals surface area contributed by atoms with Crippen LogP contribution in [0.4, 0.5) is 5.69 Å². The lowest BCUT2D eigenvalue weighted by atomic mass is 10.1. The molecule has 0 spiro atoms. The van der Waals surface area contributed by atoms with Crippen LogP contribution in [0.1, 0.15) is 40.0 Å². The van der Waals surface area contributed by atoms with Crippen molar-refractivity contribution in [3.05, 3.63) is 95.8 Å². The number of aromatic nitrogens is 1. The molecule has 1 fully saturated rings. The van der Waals surface area contributed by atoms with Crippen molar-refractivity contribution in [1.82, 2.24) is 10.3 Å². The Labute approximate surface area is 193 Å². The molecular formula is C25H25N3O4S. The van der Waals surface area contributed by atoms with Crippen LogP contribution in [-0.4, -0.2) is 37.5 Å². The molecular weight excluding hydrogens is 438 g/mol. The molecule has 1 aliphatic rings. The smallest absolute Gasteiger partial charge is 0.269 e. The number of carbonyl (C=O) groups excluding carboxylic acids is 2. The Hall–Kier alpha value is -3.52. The fraction of sp³-hybridized carbons (Fsp3) is 0.240. The van der Waals surface area contributed by atoms with Gasteiger partial charge in [-0.25, -0.2) is 13.4 Å². The lowest BCUT2D eigenvalue weighted by Gasteiger charge is -2.23. The molecule has 1 saturated heterocycles. The normalized spacial score (nSPS) is 17.2. The van der Waals surface area contributed by atoms with Crippen LogP contribution in [0.5, 0.6) is 0 Å². The molecule has 3 aromatic rings. The average Bonchev–Trinajstić information content (AvgIpc) is 3.08. The van der Waals surface area contributed by atoms with Crippen molar-refractivity contribution in [2.75, 3.05) is 17.2 Å². The molecule has 0 aliphatic carbocycles. The molecule has 1 N–H and O–H groups in total. The molecule has 1 unspecified atom stereocenters. The zero-order valence-electron chi connectivity index (χ0n) is 18.1. The highest BCUT2D eigenvalue weighted by atomic mass is 32.2. The van der Waals surface area contributed by atoms with E-state index >= 15 is 0 Å². The van der Waals surface area contributed by atoms with Gasteiger partial charge in [-0.2, -0.15) is 0 Å². The predicted octanol–water partition coefficient (Wildman–Crippen LogP) is 3.29. The predicted molar refractivity (Wildman–Crippen MR) is 126 cm³/mol. The Morgan fingerprint density at radius 3 is 2.36 bits per heavy atom. The minimum absolute atomic E-state index is 0.123. The van der Waals surface area contributed by atoms with Gasteiger partial charge in [0.2, 0.25) is 5.91 Å². The minimum atomic E-state index is -3.80. The first-order valence-electron chi connectivity index (χ1n) is 10.8. The van der Waals surface area contributed by atoms with Gasteiger partial charge in [0.05, 0.1) is 5.69 Å². The largest absolute Gasteiger partial charge is 0.351 e. The standard InChI is InChI=1S/C25H25N3O4S/c29-23-18-33(31,32)25(28(23)20-13-5-2-6-14-20)22-16-9-15-21(27-22)24(30)26-17-8-7-12-19-10-3-1-4-11-19/h1-6,9-11,13-16,25H,7-8,12,17-18H2,(H,26,30). The van der Waals surface area contributed by atoms with Gasteiger partial charge in [-0.05, 0) is 49.1 Å². The van der Waals surface area contributed by atoms with Crippen LogP contribution in [0.15, 0.2) is 78.9 Å². The zero-order chi connectivity index (χ0) is 23.3. The number of hydrogen-bond acceptors (Lipinski definition) is 5. The summed E-state index contributed by atoms with van der Waals surface area (Å²) in [5, 5.41) is 1.59. The first-order valence-corrected chi connectivity index (χ1v) is 12.5. The molecule has 0 bridgehead atoms. The number of aryl methyl sites for hydroxylation is 1. The quantitative estimate of drug-likeness (QED) is 0.517.